The minimum absolute atomic E-state index is 0.277. The van der Waals surface area contributed by atoms with Crippen molar-refractivity contribution in [3.8, 4) is 11.8 Å². The van der Waals surface area contributed by atoms with Gasteiger partial charge in [-0.1, -0.05) is 11.8 Å². The first-order chi connectivity index (χ1) is 9.49. The van der Waals surface area contributed by atoms with E-state index >= 15 is 0 Å². The van der Waals surface area contributed by atoms with E-state index in [-0.39, 0.29) is 19.1 Å². The molecule has 1 rings (SSSR count). The summed E-state index contributed by atoms with van der Waals surface area (Å²) in [6.07, 6.45) is 0. The van der Waals surface area contributed by atoms with Crippen molar-refractivity contribution < 1.29 is 14.3 Å². The molecule has 1 aromatic heterocycles. The van der Waals surface area contributed by atoms with Crippen LogP contribution in [0.25, 0.3) is 0 Å². The fourth-order valence-corrected chi connectivity index (χ4v) is 2.39. The molecule has 1 heterocycles. The van der Waals surface area contributed by atoms with Gasteiger partial charge in [0.1, 0.15) is 6.04 Å². The maximum absolute atomic E-state index is 12.0. The van der Waals surface area contributed by atoms with Crippen LogP contribution >= 0.6 is 11.3 Å². The number of nitrogens with one attached hydrogen (secondary N) is 1. The zero-order valence-corrected chi connectivity index (χ0v) is 12.6. The molecule has 0 radical (unpaired) electrons. The molecule has 0 fully saturated rings. The third-order valence-electron chi connectivity index (χ3n) is 2.43. The maximum atomic E-state index is 12.0. The molecular formula is C14H18N2O3S. The fourth-order valence-electron chi connectivity index (χ4n) is 1.44. The van der Waals surface area contributed by atoms with Crippen LogP contribution in [0, 0.1) is 18.8 Å². The number of ether oxygens (including phenoxy) is 1. The normalized spacial score (nSPS) is 11.2. The van der Waals surface area contributed by atoms with Gasteiger partial charge in [0, 0.05) is 0 Å². The Morgan fingerprint density at radius 2 is 2.25 bits per heavy atom. The molecule has 1 aromatic rings. The van der Waals surface area contributed by atoms with Gasteiger partial charge in [-0.05, 0) is 32.4 Å². The predicted octanol–water partition coefficient (Wildman–Crippen LogP) is 1.05. The summed E-state index contributed by atoms with van der Waals surface area (Å²) in [5, 5.41) is 2.60. The second-order valence-corrected chi connectivity index (χ2v) is 5.13. The van der Waals surface area contributed by atoms with Gasteiger partial charge in [-0.3, -0.25) is 4.79 Å². The quantitative estimate of drug-likeness (QED) is 0.642. The largest absolute Gasteiger partial charge is 0.464 e. The first-order valence-corrected chi connectivity index (χ1v) is 7.08. The third kappa shape index (κ3) is 4.37. The van der Waals surface area contributed by atoms with E-state index in [4.69, 9.17) is 10.5 Å². The monoisotopic (exact) mass is 294 g/mol. The lowest BCUT2D eigenvalue weighted by molar-refractivity contribution is -0.144. The van der Waals surface area contributed by atoms with Crippen LogP contribution < -0.4 is 11.1 Å². The number of nitrogens with two attached hydrogens (primary N) is 1. The highest BCUT2D eigenvalue weighted by atomic mass is 32.1. The molecule has 1 amide bonds. The van der Waals surface area contributed by atoms with Crippen molar-refractivity contribution in [1.82, 2.24) is 5.32 Å². The Labute approximate surface area is 122 Å². The molecule has 108 valence electrons. The van der Waals surface area contributed by atoms with Crippen LogP contribution in [-0.4, -0.2) is 31.1 Å². The van der Waals surface area contributed by atoms with E-state index in [9.17, 15) is 9.59 Å². The van der Waals surface area contributed by atoms with Crippen molar-refractivity contribution in [3.05, 3.63) is 21.4 Å². The fraction of sp³-hybridized carbons (Fsp3) is 0.429. The minimum atomic E-state index is -0.677. The van der Waals surface area contributed by atoms with Crippen LogP contribution in [0.3, 0.4) is 0 Å². The molecule has 1 unspecified atom stereocenters. The number of carbonyl (C=O) groups excluding carboxylic acids is 2. The first kappa shape index (κ1) is 16.2. The van der Waals surface area contributed by atoms with Crippen LogP contribution in [-0.2, 0) is 9.53 Å². The Morgan fingerprint density at radius 1 is 1.55 bits per heavy atom. The SMILES string of the molecule is CCOC(=O)C(C)NC(=O)c1cc(C)c(C#CCN)s1. The van der Waals surface area contributed by atoms with E-state index in [1.165, 1.54) is 11.3 Å². The molecule has 0 aliphatic carbocycles. The number of amides is 1. The summed E-state index contributed by atoms with van der Waals surface area (Å²) >= 11 is 1.28. The molecule has 0 aromatic carbocycles. The zero-order valence-electron chi connectivity index (χ0n) is 11.8. The average molecular weight is 294 g/mol. The molecule has 0 spiro atoms. The van der Waals surface area contributed by atoms with Crippen molar-refractivity contribution >= 4 is 23.2 Å². The van der Waals surface area contributed by atoms with Gasteiger partial charge in [-0.2, -0.15) is 0 Å². The molecule has 5 nitrogen and oxygen atoms in total. The second-order valence-electron chi connectivity index (χ2n) is 4.08. The summed E-state index contributed by atoms with van der Waals surface area (Å²) in [4.78, 5) is 24.8. The molecule has 6 heteroatoms. The Hall–Kier alpha value is -1.84. The standard InChI is InChI=1S/C14H18N2O3S/c1-4-19-14(18)10(3)16-13(17)12-8-9(2)11(20-12)6-5-7-15/h8,10H,4,7,15H2,1-3H3,(H,16,17). The Balaban J connectivity index is 2.75. The lowest BCUT2D eigenvalue weighted by Crippen LogP contribution is -2.39. The predicted molar refractivity (Wildman–Crippen MR) is 78.5 cm³/mol. The number of carbonyl (C=O) groups is 2. The summed E-state index contributed by atoms with van der Waals surface area (Å²) in [7, 11) is 0. The van der Waals surface area contributed by atoms with Crippen LogP contribution in [0.5, 0.6) is 0 Å². The van der Waals surface area contributed by atoms with Gasteiger partial charge in [0.05, 0.1) is 22.9 Å². The summed E-state index contributed by atoms with van der Waals surface area (Å²) in [6.45, 7) is 5.75. The summed E-state index contributed by atoms with van der Waals surface area (Å²) < 4.78 is 4.84. The molecule has 0 bridgehead atoms. The summed E-state index contributed by atoms with van der Waals surface area (Å²) in [5.41, 5.74) is 6.24. The van der Waals surface area contributed by atoms with E-state index in [0.29, 0.717) is 4.88 Å². The maximum Gasteiger partial charge on any atom is 0.328 e. The molecule has 3 N–H and O–H groups in total. The lowest BCUT2D eigenvalue weighted by atomic mass is 10.2. The number of aryl methyl sites for hydroxylation is 1. The topological polar surface area (TPSA) is 81.4 Å². The first-order valence-electron chi connectivity index (χ1n) is 6.26. The molecule has 0 saturated heterocycles. The Bertz CT molecular complexity index is 555. The van der Waals surface area contributed by atoms with Crippen LogP contribution in [0.1, 0.15) is 34.0 Å². The number of hydrogen-bond donors (Lipinski definition) is 2. The molecular weight excluding hydrogens is 276 g/mol. The zero-order chi connectivity index (χ0) is 15.1. The molecule has 0 aliphatic heterocycles. The third-order valence-corrected chi connectivity index (χ3v) is 3.58. The Kier molecular flexibility index (Phi) is 6.22. The van der Waals surface area contributed by atoms with Gasteiger partial charge in [-0.15, -0.1) is 11.3 Å². The van der Waals surface area contributed by atoms with Gasteiger partial charge < -0.3 is 15.8 Å². The Morgan fingerprint density at radius 3 is 2.85 bits per heavy atom. The highest BCUT2D eigenvalue weighted by Gasteiger charge is 2.19. The number of hydrogen-bond acceptors (Lipinski definition) is 5. The molecule has 20 heavy (non-hydrogen) atoms. The van der Waals surface area contributed by atoms with Crippen LogP contribution in [0.15, 0.2) is 6.07 Å². The van der Waals surface area contributed by atoms with E-state index in [1.807, 2.05) is 6.92 Å². The number of esters is 1. The average Bonchev–Trinajstić information content (AvgIpc) is 2.78. The molecule has 0 aliphatic rings. The van der Waals surface area contributed by atoms with Gasteiger partial charge >= 0.3 is 5.97 Å². The molecule has 1 atom stereocenters. The van der Waals surface area contributed by atoms with Crippen molar-refractivity contribution in [2.45, 2.75) is 26.8 Å². The minimum Gasteiger partial charge on any atom is -0.464 e. The van der Waals surface area contributed by atoms with Gasteiger partial charge in [0.2, 0.25) is 0 Å². The van der Waals surface area contributed by atoms with Crippen LogP contribution in [0.2, 0.25) is 0 Å². The second kappa shape index (κ2) is 7.68. The van der Waals surface area contributed by atoms with Crippen molar-refractivity contribution in [2.24, 2.45) is 5.73 Å². The highest BCUT2D eigenvalue weighted by Crippen LogP contribution is 2.20. The van der Waals surface area contributed by atoms with E-state index in [0.717, 1.165) is 10.4 Å². The lowest BCUT2D eigenvalue weighted by Gasteiger charge is -2.11. The van der Waals surface area contributed by atoms with E-state index in [2.05, 4.69) is 17.2 Å². The van der Waals surface area contributed by atoms with Gasteiger partial charge in [-0.25, -0.2) is 4.79 Å². The van der Waals surface area contributed by atoms with Crippen molar-refractivity contribution in [3.63, 3.8) is 0 Å². The van der Waals surface area contributed by atoms with Gasteiger partial charge in [0.15, 0.2) is 0 Å². The van der Waals surface area contributed by atoms with Crippen molar-refractivity contribution in [1.29, 1.82) is 0 Å². The van der Waals surface area contributed by atoms with E-state index in [1.54, 1.807) is 19.9 Å². The van der Waals surface area contributed by atoms with Gasteiger partial charge in [0.25, 0.3) is 5.91 Å². The van der Waals surface area contributed by atoms with E-state index < -0.39 is 12.0 Å². The summed E-state index contributed by atoms with van der Waals surface area (Å²) in [5.74, 6) is 4.92. The highest BCUT2D eigenvalue weighted by molar-refractivity contribution is 7.14. The molecule has 0 saturated carbocycles. The smallest absolute Gasteiger partial charge is 0.328 e. The number of thiophene rings is 1. The van der Waals surface area contributed by atoms with Crippen LogP contribution in [0.4, 0.5) is 0 Å². The summed E-state index contributed by atoms with van der Waals surface area (Å²) in [6, 6.07) is 1.07. The van der Waals surface area contributed by atoms with Crippen molar-refractivity contribution in [2.75, 3.05) is 13.2 Å². The number of rotatable bonds is 4.